The van der Waals surface area contributed by atoms with Crippen LogP contribution in [0.2, 0.25) is 0 Å². The number of ether oxygens (including phenoxy) is 1. The lowest BCUT2D eigenvalue weighted by Crippen LogP contribution is -2.43. The van der Waals surface area contributed by atoms with Gasteiger partial charge in [0, 0.05) is 49.8 Å². The number of benzene rings is 1. The van der Waals surface area contributed by atoms with Crippen LogP contribution in [-0.4, -0.2) is 46.5 Å². The Hall–Kier alpha value is -2.54. The molecule has 0 aliphatic carbocycles. The van der Waals surface area contributed by atoms with Crippen LogP contribution in [0.1, 0.15) is 36.3 Å². The third-order valence-electron chi connectivity index (χ3n) is 5.15. The fraction of sp³-hybridized carbons (Fsp3) is 0.450. The number of hydrogen-bond acceptors (Lipinski definition) is 5. The van der Waals surface area contributed by atoms with Gasteiger partial charge in [0.2, 0.25) is 0 Å². The van der Waals surface area contributed by atoms with E-state index in [1.54, 1.807) is 24.0 Å². The predicted octanol–water partition coefficient (Wildman–Crippen LogP) is 2.04. The Morgan fingerprint density at radius 2 is 2.33 bits per heavy atom. The Labute approximate surface area is 157 Å². The van der Waals surface area contributed by atoms with Gasteiger partial charge < -0.3 is 15.0 Å². The molecular formula is C20H23FN4O2. The van der Waals surface area contributed by atoms with Gasteiger partial charge in [-0.05, 0) is 32.0 Å². The number of carbonyl (C=O) groups excluding carboxylic acids is 1. The lowest BCUT2D eigenvalue weighted by Gasteiger charge is -2.30. The lowest BCUT2D eigenvalue weighted by atomic mass is 10.0. The summed E-state index contributed by atoms with van der Waals surface area (Å²) < 4.78 is 18.9. The van der Waals surface area contributed by atoms with Crippen LogP contribution in [0.4, 0.5) is 4.39 Å². The second-order valence-corrected chi connectivity index (χ2v) is 7.12. The van der Waals surface area contributed by atoms with Crippen molar-refractivity contribution in [3.63, 3.8) is 0 Å². The van der Waals surface area contributed by atoms with E-state index in [1.165, 1.54) is 12.1 Å². The number of amides is 1. The maximum absolute atomic E-state index is 13.3. The minimum absolute atomic E-state index is 0.117. The van der Waals surface area contributed by atoms with Crippen molar-refractivity contribution in [3.8, 4) is 5.75 Å². The first-order valence-corrected chi connectivity index (χ1v) is 9.36. The molecule has 1 saturated heterocycles. The van der Waals surface area contributed by atoms with E-state index < -0.39 is 6.10 Å². The second-order valence-electron chi connectivity index (χ2n) is 7.12. The van der Waals surface area contributed by atoms with Gasteiger partial charge >= 0.3 is 0 Å². The highest BCUT2D eigenvalue weighted by molar-refractivity contribution is 5.81. The van der Waals surface area contributed by atoms with Gasteiger partial charge in [-0.1, -0.05) is 6.07 Å². The summed E-state index contributed by atoms with van der Waals surface area (Å²) in [6.07, 6.45) is 2.95. The molecule has 27 heavy (non-hydrogen) atoms. The zero-order chi connectivity index (χ0) is 18.8. The van der Waals surface area contributed by atoms with Crippen LogP contribution in [0.15, 0.2) is 30.5 Å². The van der Waals surface area contributed by atoms with E-state index in [9.17, 15) is 9.18 Å². The highest BCUT2D eigenvalue weighted by Gasteiger charge is 2.28. The van der Waals surface area contributed by atoms with E-state index in [2.05, 4.69) is 10.3 Å². The van der Waals surface area contributed by atoms with Crippen LogP contribution < -0.4 is 10.1 Å². The minimum atomic E-state index is -0.682. The molecule has 0 bridgehead atoms. The van der Waals surface area contributed by atoms with Crippen LogP contribution in [0.5, 0.6) is 5.75 Å². The van der Waals surface area contributed by atoms with Crippen molar-refractivity contribution < 1.29 is 13.9 Å². The van der Waals surface area contributed by atoms with Gasteiger partial charge in [0.25, 0.3) is 5.91 Å². The number of nitrogens with zero attached hydrogens (tertiary/aromatic N) is 3. The van der Waals surface area contributed by atoms with E-state index in [4.69, 9.17) is 9.72 Å². The minimum Gasteiger partial charge on any atom is -0.481 e. The normalized spacial score (nSPS) is 20.2. The predicted molar refractivity (Wildman–Crippen MR) is 97.9 cm³/mol. The first-order valence-electron chi connectivity index (χ1n) is 9.36. The molecule has 0 spiro atoms. The van der Waals surface area contributed by atoms with Crippen LogP contribution >= 0.6 is 0 Å². The number of hydrogen-bond donors (Lipinski definition) is 1. The van der Waals surface area contributed by atoms with Gasteiger partial charge in [0.15, 0.2) is 6.10 Å². The Balaban J connectivity index is 1.41. The van der Waals surface area contributed by atoms with Crippen molar-refractivity contribution in [2.24, 2.45) is 0 Å². The number of rotatable bonds is 4. The molecule has 0 radical (unpaired) electrons. The summed E-state index contributed by atoms with van der Waals surface area (Å²) in [7, 11) is 0. The molecule has 2 aliphatic rings. The molecule has 1 aromatic heterocycles. The Kier molecular flexibility index (Phi) is 5.03. The van der Waals surface area contributed by atoms with Gasteiger partial charge in [0.1, 0.15) is 17.4 Å². The van der Waals surface area contributed by atoms with E-state index in [1.807, 2.05) is 6.20 Å². The first-order chi connectivity index (χ1) is 13.1. The molecule has 3 heterocycles. The molecule has 2 aromatic rings. The molecule has 6 nitrogen and oxygen atoms in total. The zero-order valence-corrected chi connectivity index (χ0v) is 15.3. The van der Waals surface area contributed by atoms with E-state index in [-0.39, 0.29) is 11.7 Å². The summed E-state index contributed by atoms with van der Waals surface area (Å²) in [5.41, 5.74) is 2.02. The fourth-order valence-electron chi connectivity index (χ4n) is 3.64. The largest absolute Gasteiger partial charge is 0.481 e. The van der Waals surface area contributed by atoms with Gasteiger partial charge in [-0.25, -0.2) is 14.4 Å². The Morgan fingerprint density at radius 3 is 3.11 bits per heavy atom. The summed E-state index contributed by atoms with van der Waals surface area (Å²) >= 11 is 0. The van der Waals surface area contributed by atoms with Crippen molar-refractivity contribution in [3.05, 3.63) is 53.4 Å². The van der Waals surface area contributed by atoms with Crippen molar-refractivity contribution in [1.82, 2.24) is 20.2 Å². The molecule has 0 unspecified atom stereocenters. The highest BCUT2D eigenvalue weighted by atomic mass is 19.1. The molecular weight excluding hydrogens is 347 g/mol. The summed E-state index contributed by atoms with van der Waals surface area (Å²) in [5.74, 6) is 1.14. The van der Waals surface area contributed by atoms with Gasteiger partial charge in [-0.15, -0.1) is 0 Å². The average Bonchev–Trinajstić information content (AvgIpc) is 3.21. The summed E-state index contributed by atoms with van der Waals surface area (Å²) in [6, 6.07) is 5.83. The summed E-state index contributed by atoms with van der Waals surface area (Å²) in [4.78, 5) is 23.8. The molecule has 2 aliphatic heterocycles. The fourth-order valence-corrected chi connectivity index (χ4v) is 3.64. The number of fused-ring (bicyclic) bond motifs is 1. The Morgan fingerprint density at radius 1 is 1.44 bits per heavy atom. The topological polar surface area (TPSA) is 67.3 Å². The number of halogens is 1. The third kappa shape index (κ3) is 3.93. The smallest absolute Gasteiger partial charge is 0.263 e. The Bertz CT molecular complexity index is 838. The molecule has 1 fully saturated rings. The SMILES string of the molecule is C[C@H](Oc1cccc(F)c1)C(=O)N1CCc2nc([C@H]3CCNC3)ncc2C1. The van der Waals surface area contributed by atoms with Crippen LogP contribution in [0.3, 0.4) is 0 Å². The van der Waals surface area contributed by atoms with Crippen LogP contribution in [-0.2, 0) is 17.8 Å². The highest BCUT2D eigenvalue weighted by Crippen LogP contribution is 2.23. The standard InChI is InChI=1S/C20H23FN4O2/c1-13(27-17-4-2-3-16(21)9-17)20(26)25-8-6-18-15(12-25)11-23-19(24-18)14-5-7-22-10-14/h2-4,9,11,13-14,22H,5-8,10,12H2,1H3/t13-,14-/m0/s1. The van der Waals surface area contributed by atoms with Crippen molar-refractivity contribution in [2.75, 3.05) is 19.6 Å². The van der Waals surface area contributed by atoms with Crippen LogP contribution in [0, 0.1) is 5.82 Å². The van der Waals surface area contributed by atoms with E-state index >= 15 is 0 Å². The first kappa shape index (κ1) is 17.9. The third-order valence-corrected chi connectivity index (χ3v) is 5.15. The van der Waals surface area contributed by atoms with Gasteiger partial charge in [-0.2, -0.15) is 0 Å². The number of aromatic nitrogens is 2. The molecule has 1 aromatic carbocycles. The number of carbonyl (C=O) groups is 1. The molecule has 7 heteroatoms. The maximum Gasteiger partial charge on any atom is 0.263 e. The molecule has 0 saturated carbocycles. The lowest BCUT2D eigenvalue weighted by molar-refractivity contribution is -0.138. The average molecular weight is 370 g/mol. The van der Waals surface area contributed by atoms with Crippen molar-refractivity contribution in [1.29, 1.82) is 0 Å². The maximum atomic E-state index is 13.3. The number of nitrogens with one attached hydrogen (secondary N) is 1. The molecule has 2 atom stereocenters. The van der Waals surface area contributed by atoms with Gasteiger partial charge in [-0.3, -0.25) is 4.79 Å². The second kappa shape index (κ2) is 7.60. The molecule has 142 valence electrons. The van der Waals surface area contributed by atoms with Gasteiger partial charge in [0.05, 0.1) is 5.69 Å². The van der Waals surface area contributed by atoms with Crippen molar-refractivity contribution in [2.45, 2.75) is 38.3 Å². The van der Waals surface area contributed by atoms with Crippen LogP contribution in [0.25, 0.3) is 0 Å². The summed E-state index contributed by atoms with van der Waals surface area (Å²) in [5, 5.41) is 3.34. The quantitative estimate of drug-likeness (QED) is 0.892. The zero-order valence-electron chi connectivity index (χ0n) is 15.3. The summed E-state index contributed by atoms with van der Waals surface area (Å²) in [6.45, 7) is 4.71. The monoisotopic (exact) mass is 370 g/mol. The van der Waals surface area contributed by atoms with E-state index in [0.29, 0.717) is 31.2 Å². The molecule has 1 N–H and O–H groups in total. The van der Waals surface area contributed by atoms with E-state index in [0.717, 1.165) is 36.6 Å². The molecule has 4 rings (SSSR count). The molecule has 1 amide bonds. The van der Waals surface area contributed by atoms with Crippen molar-refractivity contribution >= 4 is 5.91 Å².